The molecule has 0 radical (unpaired) electrons. The molecule has 1 aromatic rings. The van der Waals surface area contributed by atoms with Crippen molar-refractivity contribution in [1.82, 2.24) is 15.1 Å². The molecule has 0 aliphatic carbocycles. The van der Waals surface area contributed by atoms with Crippen molar-refractivity contribution in [2.45, 2.75) is 58.5 Å². The van der Waals surface area contributed by atoms with Gasteiger partial charge in [-0.3, -0.25) is 4.79 Å². The van der Waals surface area contributed by atoms with Gasteiger partial charge in [0.1, 0.15) is 0 Å². The normalized spacial score (nSPS) is 16.2. The third-order valence-electron chi connectivity index (χ3n) is 4.39. The largest absolute Gasteiger partial charge is 0.370 e. The Morgan fingerprint density at radius 2 is 2.00 bits per heavy atom. The van der Waals surface area contributed by atoms with Gasteiger partial charge >= 0.3 is 0 Å². The Morgan fingerprint density at radius 3 is 2.62 bits per heavy atom. The van der Waals surface area contributed by atoms with Crippen molar-refractivity contribution in [1.29, 1.82) is 0 Å². The van der Waals surface area contributed by atoms with Gasteiger partial charge in [0.2, 0.25) is 0 Å². The molecule has 0 amide bonds. The van der Waals surface area contributed by atoms with E-state index in [0.717, 1.165) is 31.7 Å². The standard InChI is InChI=1S/C16H28N4O/c1-4-16(2,3)17-8-11-20-15(21)12-14(13-18-20)19-9-6-5-7-10-19/h12-13,17H,4-11H2,1-3H3. The summed E-state index contributed by atoms with van der Waals surface area (Å²) in [4.78, 5) is 14.4. The maximum Gasteiger partial charge on any atom is 0.268 e. The van der Waals surface area contributed by atoms with Crippen LogP contribution in [0.4, 0.5) is 5.69 Å². The molecule has 0 spiro atoms. The Balaban J connectivity index is 1.94. The number of nitrogens with zero attached hydrogens (tertiary/aromatic N) is 3. The first kappa shape index (κ1) is 16.0. The summed E-state index contributed by atoms with van der Waals surface area (Å²) in [6.07, 6.45) is 6.60. The second kappa shape index (κ2) is 7.07. The van der Waals surface area contributed by atoms with Crippen molar-refractivity contribution in [2.75, 3.05) is 24.5 Å². The Hall–Kier alpha value is -1.36. The molecule has 1 N–H and O–H groups in total. The maximum atomic E-state index is 12.2. The van der Waals surface area contributed by atoms with Crippen LogP contribution in [-0.2, 0) is 6.54 Å². The topological polar surface area (TPSA) is 50.2 Å². The Bertz CT molecular complexity index is 503. The zero-order chi connectivity index (χ0) is 15.3. The number of anilines is 1. The summed E-state index contributed by atoms with van der Waals surface area (Å²) in [6, 6.07) is 1.73. The first-order valence-corrected chi connectivity index (χ1v) is 8.09. The molecule has 1 aliphatic rings. The van der Waals surface area contributed by atoms with Gasteiger partial charge in [0.25, 0.3) is 5.56 Å². The van der Waals surface area contributed by atoms with Crippen molar-refractivity contribution in [3.05, 3.63) is 22.6 Å². The summed E-state index contributed by atoms with van der Waals surface area (Å²) < 4.78 is 1.55. The molecule has 2 rings (SSSR count). The summed E-state index contributed by atoms with van der Waals surface area (Å²) in [5.74, 6) is 0. The molecule has 5 heteroatoms. The van der Waals surface area contributed by atoms with Gasteiger partial charge < -0.3 is 10.2 Å². The molecular formula is C16H28N4O. The lowest BCUT2D eigenvalue weighted by Crippen LogP contribution is -2.41. The molecule has 118 valence electrons. The molecule has 1 fully saturated rings. The third kappa shape index (κ3) is 4.56. The van der Waals surface area contributed by atoms with E-state index in [4.69, 9.17) is 0 Å². The fourth-order valence-corrected chi connectivity index (χ4v) is 2.54. The van der Waals surface area contributed by atoms with Crippen LogP contribution in [0.15, 0.2) is 17.1 Å². The van der Waals surface area contributed by atoms with E-state index in [0.29, 0.717) is 6.54 Å². The molecule has 0 unspecified atom stereocenters. The van der Waals surface area contributed by atoms with Crippen molar-refractivity contribution in [3.63, 3.8) is 0 Å². The number of hydrogen-bond donors (Lipinski definition) is 1. The van der Waals surface area contributed by atoms with Gasteiger partial charge in [0.05, 0.1) is 18.4 Å². The minimum absolute atomic E-state index is 0.00539. The van der Waals surface area contributed by atoms with Crippen molar-refractivity contribution in [2.24, 2.45) is 0 Å². The van der Waals surface area contributed by atoms with E-state index >= 15 is 0 Å². The first-order valence-electron chi connectivity index (χ1n) is 8.09. The van der Waals surface area contributed by atoms with E-state index in [9.17, 15) is 4.79 Å². The number of nitrogens with one attached hydrogen (secondary N) is 1. The van der Waals surface area contributed by atoms with Crippen LogP contribution in [0.2, 0.25) is 0 Å². The van der Waals surface area contributed by atoms with Crippen LogP contribution in [-0.4, -0.2) is 35.0 Å². The fraction of sp³-hybridized carbons (Fsp3) is 0.750. The van der Waals surface area contributed by atoms with Crippen molar-refractivity contribution in [3.8, 4) is 0 Å². The van der Waals surface area contributed by atoms with Gasteiger partial charge in [-0.25, -0.2) is 4.68 Å². The zero-order valence-electron chi connectivity index (χ0n) is 13.6. The summed E-state index contributed by atoms with van der Waals surface area (Å²) in [5, 5.41) is 7.77. The number of rotatable bonds is 6. The second-order valence-electron chi connectivity index (χ2n) is 6.49. The van der Waals surface area contributed by atoms with Gasteiger partial charge in [0.15, 0.2) is 0 Å². The minimum Gasteiger partial charge on any atom is -0.370 e. The summed E-state index contributed by atoms with van der Waals surface area (Å²) in [7, 11) is 0. The monoisotopic (exact) mass is 292 g/mol. The highest BCUT2D eigenvalue weighted by Gasteiger charge is 2.14. The van der Waals surface area contributed by atoms with Crippen LogP contribution in [0.1, 0.15) is 46.5 Å². The number of aromatic nitrogens is 2. The van der Waals surface area contributed by atoms with E-state index in [1.54, 1.807) is 10.7 Å². The van der Waals surface area contributed by atoms with Crippen LogP contribution in [0.5, 0.6) is 0 Å². The average molecular weight is 292 g/mol. The predicted molar refractivity (Wildman–Crippen MR) is 86.9 cm³/mol. The maximum absolute atomic E-state index is 12.2. The van der Waals surface area contributed by atoms with Crippen LogP contribution >= 0.6 is 0 Å². The lowest BCUT2D eigenvalue weighted by atomic mass is 10.0. The quantitative estimate of drug-likeness (QED) is 0.871. The van der Waals surface area contributed by atoms with Crippen molar-refractivity contribution < 1.29 is 0 Å². The van der Waals surface area contributed by atoms with Crippen molar-refractivity contribution >= 4 is 5.69 Å². The van der Waals surface area contributed by atoms with Crippen LogP contribution in [0.3, 0.4) is 0 Å². The number of piperidine rings is 1. The predicted octanol–water partition coefficient (Wildman–Crippen LogP) is 2.01. The first-order chi connectivity index (χ1) is 10.0. The highest BCUT2D eigenvalue weighted by molar-refractivity contribution is 5.43. The zero-order valence-corrected chi connectivity index (χ0v) is 13.6. The second-order valence-corrected chi connectivity index (χ2v) is 6.49. The minimum atomic E-state index is -0.00539. The molecule has 1 saturated heterocycles. The molecule has 1 aromatic heterocycles. The number of hydrogen-bond acceptors (Lipinski definition) is 4. The smallest absolute Gasteiger partial charge is 0.268 e. The molecule has 2 heterocycles. The Labute approximate surface area is 127 Å². The van der Waals surface area contributed by atoms with E-state index < -0.39 is 0 Å². The van der Waals surface area contributed by atoms with E-state index in [2.05, 4.69) is 36.1 Å². The summed E-state index contributed by atoms with van der Waals surface area (Å²) in [5.41, 5.74) is 1.07. The summed E-state index contributed by atoms with van der Waals surface area (Å²) in [6.45, 7) is 9.95. The lowest BCUT2D eigenvalue weighted by molar-refractivity contribution is 0.360. The third-order valence-corrected chi connectivity index (χ3v) is 4.39. The fourth-order valence-electron chi connectivity index (χ4n) is 2.54. The molecular weight excluding hydrogens is 264 g/mol. The average Bonchev–Trinajstić information content (AvgIpc) is 2.49. The van der Waals surface area contributed by atoms with Crippen LogP contribution in [0, 0.1) is 0 Å². The molecule has 0 aromatic carbocycles. The van der Waals surface area contributed by atoms with Gasteiger partial charge in [-0.15, -0.1) is 0 Å². The summed E-state index contributed by atoms with van der Waals surface area (Å²) >= 11 is 0. The van der Waals surface area contributed by atoms with E-state index in [1.165, 1.54) is 19.3 Å². The Kier molecular flexibility index (Phi) is 5.39. The SMILES string of the molecule is CCC(C)(C)NCCn1ncc(N2CCCCC2)cc1=O. The molecule has 0 saturated carbocycles. The molecule has 1 aliphatic heterocycles. The Morgan fingerprint density at radius 1 is 1.29 bits per heavy atom. The van der Waals surface area contributed by atoms with E-state index in [-0.39, 0.29) is 11.1 Å². The van der Waals surface area contributed by atoms with Crippen LogP contribution < -0.4 is 15.8 Å². The van der Waals surface area contributed by atoms with Crippen LogP contribution in [0.25, 0.3) is 0 Å². The molecule has 5 nitrogen and oxygen atoms in total. The molecule has 0 atom stereocenters. The van der Waals surface area contributed by atoms with E-state index in [1.807, 2.05) is 6.20 Å². The lowest BCUT2D eigenvalue weighted by Gasteiger charge is -2.28. The van der Waals surface area contributed by atoms with Gasteiger partial charge in [-0.2, -0.15) is 5.10 Å². The molecule has 21 heavy (non-hydrogen) atoms. The van der Waals surface area contributed by atoms with Gasteiger partial charge in [-0.05, 0) is 39.5 Å². The highest BCUT2D eigenvalue weighted by atomic mass is 16.1. The highest BCUT2D eigenvalue weighted by Crippen LogP contribution is 2.16. The van der Waals surface area contributed by atoms with Gasteiger partial charge in [0, 0.05) is 31.2 Å². The molecule has 0 bridgehead atoms. The van der Waals surface area contributed by atoms with Gasteiger partial charge in [-0.1, -0.05) is 6.92 Å².